The fourth-order valence-electron chi connectivity index (χ4n) is 1.49. The summed E-state index contributed by atoms with van der Waals surface area (Å²) in [7, 11) is 0. The Morgan fingerprint density at radius 1 is 1.20 bits per heavy atom. The molecule has 0 aromatic heterocycles. The second-order valence-corrected chi connectivity index (χ2v) is 5.44. The molecule has 0 radical (unpaired) electrons. The minimum atomic E-state index is -0.797. The highest BCUT2D eigenvalue weighted by atomic mass is 127. The second-order valence-electron chi connectivity index (χ2n) is 3.76. The molecule has 102 valence electrons. The molecule has 0 fully saturated rings. The van der Waals surface area contributed by atoms with Crippen molar-refractivity contribution >= 4 is 45.8 Å². The zero-order valence-electron chi connectivity index (χ0n) is 9.88. The lowest BCUT2D eigenvalue weighted by molar-refractivity contribution is -0.385. The molecule has 0 bridgehead atoms. The van der Waals surface area contributed by atoms with Crippen LogP contribution in [0.3, 0.4) is 0 Å². The summed E-state index contributed by atoms with van der Waals surface area (Å²) in [6.07, 6.45) is 0. The lowest BCUT2D eigenvalue weighted by atomic mass is 10.2. The third-order valence-electron chi connectivity index (χ3n) is 2.40. The Labute approximate surface area is 132 Å². The van der Waals surface area contributed by atoms with Crippen LogP contribution in [0.5, 0.6) is 5.75 Å². The van der Waals surface area contributed by atoms with Crippen LogP contribution in [0.4, 0.5) is 5.69 Å². The number of nitro groups is 1. The van der Waals surface area contributed by atoms with Crippen molar-refractivity contribution in [1.82, 2.24) is 0 Å². The Hall–Kier alpha value is -1.67. The first-order valence-electron chi connectivity index (χ1n) is 5.39. The molecule has 7 heteroatoms. The molecule has 0 saturated carbocycles. The summed E-state index contributed by atoms with van der Waals surface area (Å²) in [5.41, 5.74) is -0.522. The van der Waals surface area contributed by atoms with Gasteiger partial charge in [0.1, 0.15) is 11.3 Å². The van der Waals surface area contributed by atoms with Crippen LogP contribution in [0.2, 0.25) is 5.02 Å². The van der Waals surface area contributed by atoms with Crippen LogP contribution in [0.15, 0.2) is 42.5 Å². The highest BCUT2D eigenvalue weighted by Gasteiger charge is 2.22. The summed E-state index contributed by atoms with van der Waals surface area (Å²) >= 11 is 7.80. The van der Waals surface area contributed by atoms with E-state index in [-0.39, 0.29) is 16.3 Å². The summed E-state index contributed by atoms with van der Waals surface area (Å²) in [6.45, 7) is 0. The number of carbonyl (C=O) groups excluding carboxylic acids is 1. The number of ether oxygens (including phenoxy) is 1. The first-order valence-corrected chi connectivity index (χ1v) is 6.85. The number of benzene rings is 2. The SMILES string of the molecule is O=C(Oc1ccc(I)cc1)c1ccc(Cl)cc1[N+](=O)[O-]. The minimum Gasteiger partial charge on any atom is -0.423 e. The number of rotatable bonds is 3. The van der Waals surface area contributed by atoms with E-state index in [1.54, 1.807) is 24.3 Å². The molecule has 2 aromatic rings. The standard InChI is InChI=1S/C13H7ClINO4/c14-8-1-6-11(12(7-8)16(18)19)13(17)20-10-4-2-9(15)3-5-10/h1-7H. The molecule has 0 aliphatic rings. The van der Waals surface area contributed by atoms with Crippen molar-refractivity contribution in [1.29, 1.82) is 0 Å². The van der Waals surface area contributed by atoms with Gasteiger partial charge in [0.05, 0.1) is 4.92 Å². The first kappa shape index (κ1) is 14.7. The normalized spacial score (nSPS) is 10.1. The number of esters is 1. The Morgan fingerprint density at radius 2 is 1.85 bits per heavy atom. The zero-order valence-corrected chi connectivity index (χ0v) is 12.8. The maximum absolute atomic E-state index is 12.0. The van der Waals surface area contributed by atoms with Crippen LogP contribution in [0.25, 0.3) is 0 Å². The van der Waals surface area contributed by atoms with Gasteiger partial charge in [-0.1, -0.05) is 11.6 Å². The van der Waals surface area contributed by atoms with Gasteiger partial charge in [-0.25, -0.2) is 4.79 Å². The van der Waals surface area contributed by atoms with Crippen LogP contribution in [-0.2, 0) is 0 Å². The lowest BCUT2D eigenvalue weighted by Gasteiger charge is -2.05. The molecule has 2 rings (SSSR count). The van der Waals surface area contributed by atoms with Crippen LogP contribution < -0.4 is 4.74 Å². The Morgan fingerprint density at radius 3 is 2.45 bits per heavy atom. The monoisotopic (exact) mass is 403 g/mol. The third-order valence-corrected chi connectivity index (χ3v) is 3.35. The van der Waals surface area contributed by atoms with E-state index in [0.29, 0.717) is 5.75 Å². The minimum absolute atomic E-state index is 0.141. The number of nitro benzene ring substituents is 1. The highest BCUT2D eigenvalue weighted by molar-refractivity contribution is 14.1. The van der Waals surface area contributed by atoms with E-state index < -0.39 is 10.9 Å². The van der Waals surface area contributed by atoms with Crippen LogP contribution in [-0.4, -0.2) is 10.9 Å². The summed E-state index contributed by atoms with van der Waals surface area (Å²) < 4.78 is 6.08. The van der Waals surface area contributed by atoms with Crippen LogP contribution >= 0.6 is 34.2 Å². The van der Waals surface area contributed by atoms with Crippen molar-refractivity contribution in [2.24, 2.45) is 0 Å². The fraction of sp³-hybridized carbons (Fsp3) is 0. The van der Waals surface area contributed by atoms with Gasteiger partial charge in [-0.15, -0.1) is 0 Å². The van der Waals surface area contributed by atoms with Crippen molar-refractivity contribution in [3.05, 3.63) is 66.7 Å². The number of carbonyl (C=O) groups is 1. The fourth-order valence-corrected chi connectivity index (χ4v) is 2.02. The van der Waals surface area contributed by atoms with Crippen molar-refractivity contribution < 1.29 is 14.5 Å². The number of hydrogen-bond acceptors (Lipinski definition) is 4. The molecule has 0 aliphatic carbocycles. The van der Waals surface area contributed by atoms with E-state index in [1.165, 1.54) is 12.1 Å². The topological polar surface area (TPSA) is 69.4 Å². The lowest BCUT2D eigenvalue weighted by Crippen LogP contribution is -2.11. The molecule has 0 amide bonds. The highest BCUT2D eigenvalue weighted by Crippen LogP contribution is 2.25. The maximum atomic E-state index is 12.0. The van der Waals surface area contributed by atoms with Gasteiger partial charge in [-0.3, -0.25) is 10.1 Å². The van der Waals surface area contributed by atoms with Gasteiger partial charge in [-0.2, -0.15) is 0 Å². The molecule has 0 aliphatic heterocycles. The summed E-state index contributed by atoms with van der Waals surface area (Å²) in [4.78, 5) is 22.2. The molecule has 20 heavy (non-hydrogen) atoms. The molecule has 0 unspecified atom stereocenters. The quantitative estimate of drug-likeness (QED) is 0.255. The van der Waals surface area contributed by atoms with E-state index in [4.69, 9.17) is 16.3 Å². The van der Waals surface area contributed by atoms with Gasteiger partial charge in [0.2, 0.25) is 0 Å². The van der Waals surface area contributed by atoms with Gasteiger partial charge in [0.15, 0.2) is 0 Å². The van der Waals surface area contributed by atoms with Crippen molar-refractivity contribution in [2.45, 2.75) is 0 Å². The van der Waals surface area contributed by atoms with E-state index in [2.05, 4.69) is 22.6 Å². The largest absolute Gasteiger partial charge is 0.423 e. The van der Waals surface area contributed by atoms with E-state index in [9.17, 15) is 14.9 Å². The second kappa shape index (κ2) is 6.19. The van der Waals surface area contributed by atoms with Gasteiger partial charge in [0, 0.05) is 14.7 Å². The molecule has 0 saturated heterocycles. The smallest absolute Gasteiger partial charge is 0.350 e. The van der Waals surface area contributed by atoms with Crippen molar-refractivity contribution in [2.75, 3.05) is 0 Å². The average Bonchev–Trinajstić information content (AvgIpc) is 2.41. The van der Waals surface area contributed by atoms with E-state index in [1.807, 2.05) is 0 Å². The number of nitrogens with zero attached hydrogens (tertiary/aromatic N) is 1. The Balaban J connectivity index is 2.29. The number of hydrogen-bond donors (Lipinski definition) is 0. The number of halogens is 2. The van der Waals surface area contributed by atoms with Gasteiger partial charge in [-0.05, 0) is 59.0 Å². The van der Waals surface area contributed by atoms with Gasteiger partial charge < -0.3 is 4.74 Å². The van der Waals surface area contributed by atoms with Crippen LogP contribution in [0, 0.1) is 13.7 Å². The van der Waals surface area contributed by atoms with E-state index in [0.717, 1.165) is 9.64 Å². The summed E-state index contributed by atoms with van der Waals surface area (Å²) in [5, 5.41) is 11.1. The van der Waals surface area contributed by atoms with Gasteiger partial charge in [0.25, 0.3) is 5.69 Å². The molecule has 2 aromatic carbocycles. The van der Waals surface area contributed by atoms with Crippen LogP contribution in [0.1, 0.15) is 10.4 Å². The molecule has 0 N–H and O–H groups in total. The molecule has 0 heterocycles. The Kier molecular flexibility index (Phi) is 4.56. The summed E-state index contributed by atoms with van der Waals surface area (Å²) in [6, 6.07) is 10.5. The molecule has 0 atom stereocenters. The van der Waals surface area contributed by atoms with Gasteiger partial charge >= 0.3 is 5.97 Å². The maximum Gasteiger partial charge on any atom is 0.350 e. The predicted octanol–water partition coefficient (Wildman–Crippen LogP) is 4.07. The third kappa shape index (κ3) is 3.45. The molecular formula is C13H7ClINO4. The zero-order chi connectivity index (χ0) is 14.7. The average molecular weight is 404 g/mol. The molecule has 0 spiro atoms. The van der Waals surface area contributed by atoms with Crippen molar-refractivity contribution in [3.63, 3.8) is 0 Å². The van der Waals surface area contributed by atoms with E-state index >= 15 is 0 Å². The summed E-state index contributed by atoms with van der Waals surface area (Å²) in [5.74, 6) is -0.478. The first-order chi connectivity index (χ1) is 9.47. The van der Waals surface area contributed by atoms with Crippen molar-refractivity contribution in [3.8, 4) is 5.75 Å². The molecular weight excluding hydrogens is 397 g/mol. The Bertz CT molecular complexity index is 673. The molecule has 5 nitrogen and oxygen atoms in total. The predicted molar refractivity (Wildman–Crippen MR) is 82.2 cm³/mol.